The summed E-state index contributed by atoms with van der Waals surface area (Å²) in [5.41, 5.74) is 2.06. The number of para-hydroxylation sites is 1. The Hall–Kier alpha value is -2.44. The Morgan fingerprint density at radius 3 is 2.50 bits per heavy atom. The summed E-state index contributed by atoms with van der Waals surface area (Å²) in [5, 5.41) is 6.56. The van der Waals surface area contributed by atoms with Crippen LogP contribution >= 0.6 is 0 Å². The lowest BCUT2D eigenvalue weighted by Crippen LogP contribution is -2.57. The predicted molar refractivity (Wildman–Crippen MR) is 118 cm³/mol. The van der Waals surface area contributed by atoms with Crippen molar-refractivity contribution < 1.29 is 9.18 Å². The number of amides is 2. The molecule has 2 aliphatic heterocycles. The Morgan fingerprint density at radius 2 is 1.77 bits per heavy atom. The van der Waals surface area contributed by atoms with E-state index < -0.39 is 0 Å². The maximum absolute atomic E-state index is 13.1. The number of benzene rings is 2. The lowest BCUT2D eigenvalue weighted by molar-refractivity contribution is 0.139. The maximum Gasteiger partial charge on any atom is 0.321 e. The van der Waals surface area contributed by atoms with E-state index in [1.165, 1.54) is 18.4 Å². The summed E-state index contributed by atoms with van der Waals surface area (Å²) in [7, 11) is 0. The number of halogens is 1. The molecule has 2 amide bonds. The molecule has 2 N–H and O–H groups in total. The Bertz CT molecular complexity index is 806. The normalized spacial score (nSPS) is 20.8. The van der Waals surface area contributed by atoms with Crippen molar-refractivity contribution >= 4 is 11.7 Å². The molecule has 1 unspecified atom stereocenters. The number of likely N-dealkylation sites (tertiary alicyclic amines) is 1. The number of hydrogen-bond acceptors (Lipinski definition) is 3. The van der Waals surface area contributed by atoms with Gasteiger partial charge in [-0.25, -0.2) is 9.18 Å². The fourth-order valence-electron chi connectivity index (χ4n) is 4.49. The quantitative estimate of drug-likeness (QED) is 0.792. The standard InChI is InChI=1S/C24H31FN4O/c25-21-8-6-19(7-9-21)16-20-10-13-28(14-11-20)17-23-18-29(15-12-26-23)24(30)27-22-4-2-1-3-5-22/h1-9,20,23,26H,10-18H2,(H,27,30). The van der Waals surface area contributed by atoms with E-state index in [9.17, 15) is 9.18 Å². The first-order valence-electron chi connectivity index (χ1n) is 11.0. The second-order valence-electron chi connectivity index (χ2n) is 8.47. The molecule has 5 nitrogen and oxygen atoms in total. The average Bonchev–Trinajstić information content (AvgIpc) is 2.78. The lowest BCUT2D eigenvalue weighted by atomic mass is 9.90. The zero-order chi connectivity index (χ0) is 20.8. The minimum Gasteiger partial charge on any atom is -0.322 e. The van der Waals surface area contributed by atoms with Crippen LogP contribution in [0.3, 0.4) is 0 Å². The zero-order valence-electron chi connectivity index (χ0n) is 17.4. The molecule has 0 aliphatic carbocycles. The number of rotatable bonds is 5. The van der Waals surface area contributed by atoms with Gasteiger partial charge in [-0.3, -0.25) is 0 Å². The lowest BCUT2D eigenvalue weighted by Gasteiger charge is -2.38. The van der Waals surface area contributed by atoms with E-state index in [1.807, 2.05) is 47.4 Å². The first kappa shape index (κ1) is 20.8. The highest BCUT2D eigenvalue weighted by Crippen LogP contribution is 2.22. The van der Waals surface area contributed by atoms with E-state index in [0.717, 1.165) is 51.4 Å². The van der Waals surface area contributed by atoms with Crippen molar-refractivity contribution in [1.82, 2.24) is 15.1 Å². The van der Waals surface area contributed by atoms with Crippen LogP contribution in [0.5, 0.6) is 0 Å². The van der Waals surface area contributed by atoms with Crippen LogP contribution in [-0.4, -0.2) is 61.1 Å². The molecule has 2 aliphatic rings. The summed E-state index contributed by atoms with van der Waals surface area (Å²) in [5.74, 6) is 0.499. The number of hydrogen-bond donors (Lipinski definition) is 2. The molecule has 0 aromatic heterocycles. The largest absolute Gasteiger partial charge is 0.322 e. The van der Waals surface area contributed by atoms with E-state index in [-0.39, 0.29) is 11.8 Å². The predicted octanol–water partition coefficient (Wildman–Crippen LogP) is 3.59. The van der Waals surface area contributed by atoms with Crippen molar-refractivity contribution in [1.29, 1.82) is 0 Å². The molecule has 0 radical (unpaired) electrons. The Balaban J connectivity index is 1.21. The van der Waals surface area contributed by atoms with Crippen molar-refractivity contribution in [3.63, 3.8) is 0 Å². The smallest absolute Gasteiger partial charge is 0.321 e. The topological polar surface area (TPSA) is 47.6 Å². The molecule has 1 atom stereocenters. The number of piperazine rings is 1. The zero-order valence-corrected chi connectivity index (χ0v) is 17.4. The van der Waals surface area contributed by atoms with Crippen LogP contribution in [0.25, 0.3) is 0 Å². The first-order chi connectivity index (χ1) is 14.7. The van der Waals surface area contributed by atoms with Gasteiger partial charge in [-0.05, 0) is 68.1 Å². The number of piperidine rings is 1. The van der Waals surface area contributed by atoms with E-state index in [0.29, 0.717) is 12.0 Å². The Kier molecular flexibility index (Phi) is 6.97. The van der Waals surface area contributed by atoms with E-state index >= 15 is 0 Å². The molecule has 2 saturated heterocycles. The fraction of sp³-hybridized carbons (Fsp3) is 0.458. The molecule has 0 saturated carbocycles. The number of carbonyl (C=O) groups is 1. The van der Waals surface area contributed by atoms with E-state index in [4.69, 9.17) is 0 Å². The van der Waals surface area contributed by atoms with Gasteiger partial charge < -0.3 is 20.4 Å². The van der Waals surface area contributed by atoms with Gasteiger partial charge in [0, 0.05) is 37.9 Å². The third-order valence-electron chi connectivity index (χ3n) is 6.19. The number of anilines is 1. The van der Waals surface area contributed by atoms with E-state index in [2.05, 4.69) is 15.5 Å². The molecule has 4 rings (SSSR count). The van der Waals surface area contributed by atoms with Crippen LogP contribution in [0.4, 0.5) is 14.9 Å². The molecule has 30 heavy (non-hydrogen) atoms. The van der Waals surface area contributed by atoms with Crippen molar-refractivity contribution in [2.24, 2.45) is 5.92 Å². The molecule has 0 spiro atoms. The number of carbonyl (C=O) groups excluding carboxylic acids is 1. The van der Waals surface area contributed by atoms with Gasteiger partial charge in [-0.1, -0.05) is 30.3 Å². The van der Waals surface area contributed by atoms with Crippen LogP contribution in [0.2, 0.25) is 0 Å². The maximum atomic E-state index is 13.1. The molecule has 2 fully saturated rings. The minimum atomic E-state index is -0.167. The van der Waals surface area contributed by atoms with E-state index in [1.54, 1.807) is 12.1 Å². The van der Waals surface area contributed by atoms with Gasteiger partial charge in [0.1, 0.15) is 5.82 Å². The van der Waals surface area contributed by atoms with Crippen molar-refractivity contribution in [3.8, 4) is 0 Å². The van der Waals surface area contributed by atoms with Crippen LogP contribution in [-0.2, 0) is 6.42 Å². The van der Waals surface area contributed by atoms with Crippen LogP contribution in [0, 0.1) is 11.7 Å². The molecule has 2 aromatic carbocycles. The Labute approximate surface area is 178 Å². The average molecular weight is 411 g/mol. The first-order valence-corrected chi connectivity index (χ1v) is 11.0. The third kappa shape index (κ3) is 5.80. The molecular formula is C24H31FN4O. The highest BCUT2D eigenvalue weighted by molar-refractivity contribution is 5.89. The monoisotopic (exact) mass is 410 g/mol. The summed E-state index contributed by atoms with van der Waals surface area (Å²) in [6, 6.07) is 16.8. The second-order valence-corrected chi connectivity index (χ2v) is 8.47. The molecular weight excluding hydrogens is 379 g/mol. The van der Waals surface area contributed by atoms with Gasteiger partial charge in [0.2, 0.25) is 0 Å². The van der Waals surface area contributed by atoms with Gasteiger partial charge in [-0.2, -0.15) is 0 Å². The summed E-state index contributed by atoms with van der Waals surface area (Å²) >= 11 is 0. The summed E-state index contributed by atoms with van der Waals surface area (Å²) < 4.78 is 13.1. The van der Waals surface area contributed by atoms with Gasteiger partial charge >= 0.3 is 6.03 Å². The summed E-state index contributed by atoms with van der Waals surface area (Å²) in [4.78, 5) is 17.0. The third-order valence-corrected chi connectivity index (χ3v) is 6.19. The van der Waals surface area contributed by atoms with Crippen LogP contribution in [0.15, 0.2) is 54.6 Å². The summed E-state index contributed by atoms with van der Waals surface area (Å²) in [6.07, 6.45) is 3.37. The Morgan fingerprint density at radius 1 is 1.03 bits per heavy atom. The molecule has 6 heteroatoms. The van der Waals surface area contributed by atoms with Gasteiger partial charge in [0.05, 0.1) is 0 Å². The number of urea groups is 1. The SMILES string of the molecule is O=C(Nc1ccccc1)N1CCNC(CN2CCC(Cc3ccc(F)cc3)CC2)C1. The molecule has 2 aromatic rings. The highest BCUT2D eigenvalue weighted by Gasteiger charge is 2.27. The minimum absolute atomic E-state index is 0.0225. The summed E-state index contributed by atoms with van der Waals surface area (Å²) in [6.45, 7) is 5.43. The molecule has 0 bridgehead atoms. The molecule has 160 valence electrons. The van der Waals surface area contributed by atoms with Gasteiger partial charge in [-0.15, -0.1) is 0 Å². The van der Waals surface area contributed by atoms with Gasteiger partial charge in [0.25, 0.3) is 0 Å². The van der Waals surface area contributed by atoms with Crippen molar-refractivity contribution in [2.75, 3.05) is 44.6 Å². The van der Waals surface area contributed by atoms with Crippen LogP contribution < -0.4 is 10.6 Å². The van der Waals surface area contributed by atoms with Crippen molar-refractivity contribution in [2.45, 2.75) is 25.3 Å². The molecule has 2 heterocycles. The van der Waals surface area contributed by atoms with Crippen LogP contribution in [0.1, 0.15) is 18.4 Å². The highest BCUT2D eigenvalue weighted by atomic mass is 19.1. The second kappa shape index (κ2) is 10.0. The number of nitrogens with one attached hydrogen (secondary N) is 2. The van der Waals surface area contributed by atoms with Crippen molar-refractivity contribution in [3.05, 3.63) is 66.0 Å². The fourth-order valence-corrected chi connectivity index (χ4v) is 4.49. The van der Waals surface area contributed by atoms with Gasteiger partial charge in [0.15, 0.2) is 0 Å². The number of nitrogens with zero attached hydrogens (tertiary/aromatic N) is 2.